The van der Waals surface area contributed by atoms with Gasteiger partial charge in [-0.1, -0.05) is 12.1 Å². The van der Waals surface area contributed by atoms with Crippen molar-refractivity contribution in [3.8, 4) is 0 Å². The summed E-state index contributed by atoms with van der Waals surface area (Å²) < 4.78 is 23.8. The zero-order chi connectivity index (χ0) is 10.3. The Labute approximate surface area is 90.1 Å². The number of aliphatic hydroxyl groups excluding tert-OH is 1. The summed E-state index contributed by atoms with van der Waals surface area (Å²) in [6.45, 7) is -0.261. The van der Waals surface area contributed by atoms with Gasteiger partial charge in [-0.05, 0) is 27.6 Å². The zero-order valence-corrected chi connectivity index (χ0v) is 9.47. The van der Waals surface area contributed by atoms with E-state index in [9.17, 15) is 8.42 Å². The van der Waals surface area contributed by atoms with Gasteiger partial charge in [-0.15, -0.1) is 0 Å². The minimum Gasteiger partial charge on any atom is -0.392 e. The molecule has 1 N–H and O–H groups in total. The molecule has 2 rings (SSSR count). The quantitative estimate of drug-likeness (QED) is 0.846. The van der Waals surface area contributed by atoms with Crippen LogP contribution in [0.15, 0.2) is 33.0 Å². The Kier molecular flexibility index (Phi) is 2.25. The third-order valence-corrected chi connectivity index (χ3v) is 4.59. The van der Waals surface area contributed by atoms with Gasteiger partial charge in [0.1, 0.15) is 0 Å². The fourth-order valence-electron chi connectivity index (χ4n) is 1.48. The monoisotopic (exact) mass is 274 g/mol. The maximum atomic E-state index is 11.6. The van der Waals surface area contributed by atoms with Crippen molar-refractivity contribution in [1.82, 2.24) is 0 Å². The maximum absolute atomic E-state index is 11.6. The highest BCUT2D eigenvalue weighted by Gasteiger charge is 2.28. The Hall–Kier alpha value is -0.650. The lowest BCUT2D eigenvalue weighted by Gasteiger charge is -2.02. The van der Waals surface area contributed by atoms with Crippen molar-refractivity contribution in [2.24, 2.45) is 0 Å². The minimum absolute atomic E-state index is 0.254. The fraction of sp³-hybridized carbons (Fsp3) is 0.111. The summed E-state index contributed by atoms with van der Waals surface area (Å²) in [4.78, 5) is 0.254. The third kappa shape index (κ3) is 1.32. The molecule has 1 aliphatic heterocycles. The lowest BCUT2D eigenvalue weighted by molar-refractivity contribution is 0.350. The second kappa shape index (κ2) is 3.18. The molecule has 0 spiro atoms. The van der Waals surface area contributed by atoms with Crippen LogP contribution in [0.25, 0.3) is 5.57 Å². The van der Waals surface area contributed by atoms with Crippen LogP contribution >= 0.6 is 15.9 Å². The Bertz CT molecular complexity index is 517. The smallest absolute Gasteiger partial charge is 0.201 e. The summed E-state index contributed by atoms with van der Waals surface area (Å²) in [6.07, 6.45) is 0. The molecule has 14 heavy (non-hydrogen) atoms. The molecule has 0 radical (unpaired) electrons. The SMILES string of the molecule is O=S1(=O)C=C(CO)c2cccc(Br)c21. The molecule has 0 aromatic heterocycles. The predicted molar refractivity (Wildman–Crippen MR) is 56.4 cm³/mol. The van der Waals surface area contributed by atoms with Crippen molar-refractivity contribution in [1.29, 1.82) is 0 Å². The van der Waals surface area contributed by atoms with Gasteiger partial charge >= 0.3 is 0 Å². The van der Waals surface area contributed by atoms with Crippen LogP contribution < -0.4 is 0 Å². The highest BCUT2D eigenvalue weighted by Crippen LogP contribution is 2.37. The van der Waals surface area contributed by atoms with E-state index < -0.39 is 9.84 Å². The number of halogens is 1. The van der Waals surface area contributed by atoms with Crippen molar-refractivity contribution in [2.45, 2.75) is 4.90 Å². The van der Waals surface area contributed by atoms with Gasteiger partial charge in [0.25, 0.3) is 0 Å². The number of fused-ring (bicyclic) bond motifs is 1. The second-order valence-electron chi connectivity index (χ2n) is 2.96. The molecule has 5 heteroatoms. The fourth-order valence-corrected chi connectivity index (χ4v) is 4.07. The summed E-state index contributed by atoms with van der Waals surface area (Å²) in [5, 5.41) is 10.1. The summed E-state index contributed by atoms with van der Waals surface area (Å²) >= 11 is 3.19. The number of benzene rings is 1. The first kappa shape index (κ1) is 9.89. The minimum atomic E-state index is -3.37. The van der Waals surface area contributed by atoms with E-state index in [2.05, 4.69) is 15.9 Å². The molecule has 0 saturated carbocycles. The molecular formula is C9H7BrO3S. The molecule has 74 valence electrons. The van der Waals surface area contributed by atoms with Gasteiger partial charge in [-0.2, -0.15) is 0 Å². The van der Waals surface area contributed by atoms with Crippen molar-refractivity contribution >= 4 is 31.3 Å². The van der Waals surface area contributed by atoms with E-state index in [1.165, 1.54) is 0 Å². The first-order valence-electron chi connectivity index (χ1n) is 3.91. The highest BCUT2D eigenvalue weighted by molar-refractivity contribution is 9.10. The van der Waals surface area contributed by atoms with Gasteiger partial charge in [0.15, 0.2) is 0 Å². The molecule has 0 saturated heterocycles. The maximum Gasteiger partial charge on any atom is 0.201 e. The van der Waals surface area contributed by atoms with Crippen LogP contribution in [-0.2, 0) is 9.84 Å². The number of hydrogen-bond acceptors (Lipinski definition) is 3. The summed E-state index contributed by atoms with van der Waals surface area (Å²) in [7, 11) is -3.37. The Morgan fingerprint density at radius 1 is 1.36 bits per heavy atom. The van der Waals surface area contributed by atoms with Gasteiger partial charge < -0.3 is 5.11 Å². The molecular weight excluding hydrogens is 268 g/mol. The summed E-state index contributed by atoms with van der Waals surface area (Å²) in [6, 6.07) is 5.10. The Morgan fingerprint density at radius 2 is 2.07 bits per heavy atom. The lowest BCUT2D eigenvalue weighted by atomic mass is 10.1. The molecule has 1 heterocycles. The van der Waals surface area contributed by atoms with Gasteiger partial charge in [0.2, 0.25) is 9.84 Å². The predicted octanol–water partition coefficient (Wildman–Crippen LogP) is 1.57. The topological polar surface area (TPSA) is 54.4 Å². The normalized spacial score (nSPS) is 17.7. The van der Waals surface area contributed by atoms with Gasteiger partial charge in [0, 0.05) is 15.4 Å². The van der Waals surface area contributed by atoms with E-state index in [0.717, 1.165) is 5.41 Å². The summed E-state index contributed by atoms with van der Waals surface area (Å²) in [5.74, 6) is 0. The van der Waals surface area contributed by atoms with Crippen molar-refractivity contribution in [3.63, 3.8) is 0 Å². The average molecular weight is 275 g/mol. The first-order valence-corrected chi connectivity index (χ1v) is 6.25. The van der Waals surface area contributed by atoms with Gasteiger partial charge in [-0.25, -0.2) is 8.42 Å². The van der Waals surface area contributed by atoms with Gasteiger partial charge in [0.05, 0.1) is 11.5 Å². The zero-order valence-electron chi connectivity index (χ0n) is 7.07. The lowest BCUT2D eigenvalue weighted by Crippen LogP contribution is -1.94. The van der Waals surface area contributed by atoms with Crippen molar-refractivity contribution in [2.75, 3.05) is 6.61 Å². The van der Waals surface area contributed by atoms with E-state index in [-0.39, 0.29) is 11.5 Å². The number of rotatable bonds is 1. The standard InChI is InChI=1S/C9H7BrO3S/c10-8-3-1-2-7-6(4-11)5-14(12,13)9(7)8/h1-3,5,11H,4H2. The molecule has 1 aliphatic rings. The first-order chi connectivity index (χ1) is 6.56. The molecule has 1 aromatic rings. The Balaban J connectivity index is 2.82. The van der Waals surface area contributed by atoms with E-state index >= 15 is 0 Å². The molecule has 0 amide bonds. The number of hydrogen-bond donors (Lipinski definition) is 1. The average Bonchev–Trinajstić information content (AvgIpc) is 2.39. The van der Waals surface area contributed by atoms with Crippen molar-refractivity contribution < 1.29 is 13.5 Å². The van der Waals surface area contributed by atoms with Crippen molar-refractivity contribution in [3.05, 3.63) is 33.6 Å². The van der Waals surface area contributed by atoms with Crippen LogP contribution in [0, 0.1) is 0 Å². The van der Waals surface area contributed by atoms with Gasteiger partial charge in [-0.3, -0.25) is 0 Å². The molecule has 0 atom stereocenters. The Morgan fingerprint density at radius 3 is 2.71 bits per heavy atom. The van der Waals surface area contributed by atoms with E-state index in [1.54, 1.807) is 18.2 Å². The van der Waals surface area contributed by atoms with E-state index in [4.69, 9.17) is 5.11 Å². The van der Waals surface area contributed by atoms with E-state index in [0.29, 0.717) is 15.6 Å². The number of aliphatic hydroxyl groups is 1. The third-order valence-electron chi connectivity index (χ3n) is 2.07. The van der Waals surface area contributed by atoms with Crippen LogP contribution in [0.4, 0.5) is 0 Å². The van der Waals surface area contributed by atoms with Crippen LogP contribution in [-0.4, -0.2) is 20.1 Å². The number of sulfone groups is 1. The van der Waals surface area contributed by atoms with Crippen LogP contribution in [0.5, 0.6) is 0 Å². The van der Waals surface area contributed by atoms with Crippen LogP contribution in [0.3, 0.4) is 0 Å². The largest absolute Gasteiger partial charge is 0.392 e. The molecule has 0 aliphatic carbocycles. The molecule has 0 unspecified atom stereocenters. The molecule has 3 nitrogen and oxygen atoms in total. The van der Waals surface area contributed by atoms with Crippen LogP contribution in [0.2, 0.25) is 0 Å². The van der Waals surface area contributed by atoms with Crippen LogP contribution in [0.1, 0.15) is 5.56 Å². The van der Waals surface area contributed by atoms with E-state index in [1.807, 2.05) is 0 Å². The highest BCUT2D eigenvalue weighted by atomic mass is 79.9. The molecule has 0 bridgehead atoms. The summed E-state index contributed by atoms with van der Waals surface area (Å²) in [5.41, 5.74) is 1.03. The second-order valence-corrected chi connectivity index (χ2v) is 5.55. The molecule has 0 fully saturated rings. The molecule has 1 aromatic carbocycles.